The first-order valence-electron chi connectivity index (χ1n) is 11.7. The van der Waals surface area contributed by atoms with Crippen LogP contribution in [0.15, 0.2) is 48.5 Å². The van der Waals surface area contributed by atoms with Gasteiger partial charge < -0.3 is 10.2 Å². The molecule has 7 nitrogen and oxygen atoms in total. The van der Waals surface area contributed by atoms with Gasteiger partial charge in [0, 0.05) is 17.6 Å². The summed E-state index contributed by atoms with van der Waals surface area (Å²) in [7, 11) is -4.00. The van der Waals surface area contributed by atoms with E-state index in [1.54, 1.807) is 31.2 Å². The predicted molar refractivity (Wildman–Crippen MR) is 135 cm³/mol. The molecule has 1 saturated carbocycles. The van der Waals surface area contributed by atoms with E-state index in [9.17, 15) is 22.4 Å². The molecule has 0 bridgehead atoms. The molecule has 1 unspecified atom stereocenters. The summed E-state index contributed by atoms with van der Waals surface area (Å²) in [4.78, 5) is 28.2. The van der Waals surface area contributed by atoms with Gasteiger partial charge in [0.05, 0.1) is 11.9 Å². The minimum absolute atomic E-state index is 0.00394. The molecule has 1 N–H and O–H groups in total. The van der Waals surface area contributed by atoms with Crippen LogP contribution >= 0.6 is 11.6 Å². The topological polar surface area (TPSA) is 86.8 Å². The zero-order valence-corrected chi connectivity index (χ0v) is 21.5. The van der Waals surface area contributed by atoms with Gasteiger partial charge in [-0.25, -0.2) is 12.8 Å². The lowest BCUT2D eigenvalue weighted by atomic mass is 10.1. The third-order valence-corrected chi connectivity index (χ3v) is 7.68. The van der Waals surface area contributed by atoms with E-state index in [1.165, 1.54) is 23.1 Å². The van der Waals surface area contributed by atoms with Crippen LogP contribution in [0.5, 0.6) is 0 Å². The first-order chi connectivity index (χ1) is 16.6. The molecule has 0 aliphatic heterocycles. The normalized spacial score (nSPS) is 15.0. The minimum Gasteiger partial charge on any atom is -0.352 e. The Morgan fingerprint density at radius 1 is 1.11 bits per heavy atom. The Balaban J connectivity index is 1.94. The zero-order chi connectivity index (χ0) is 25.6. The number of para-hydroxylation sites is 1. The van der Waals surface area contributed by atoms with E-state index >= 15 is 0 Å². The molecule has 1 aliphatic rings. The van der Waals surface area contributed by atoms with Crippen molar-refractivity contribution in [2.45, 2.75) is 57.7 Å². The third-order valence-electron chi connectivity index (χ3n) is 6.19. The number of nitrogens with one attached hydrogen (secondary N) is 1. The SMILES string of the molecule is CCC(C(=O)NC1CCCC1)N(Cc1ccccc1Cl)C(=O)CN(c1ccccc1F)S(C)(=O)=O. The van der Waals surface area contributed by atoms with Crippen molar-refractivity contribution >= 4 is 39.1 Å². The Morgan fingerprint density at radius 3 is 2.34 bits per heavy atom. The van der Waals surface area contributed by atoms with Gasteiger partial charge >= 0.3 is 0 Å². The maximum absolute atomic E-state index is 14.5. The smallest absolute Gasteiger partial charge is 0.244 e. The molecule has 1 atom stereocenters. The van der Waals surface area contributed by atoms with Crippen molar-refractivity contribution in [1.82, 2.24) is 10.2 Å². The van der Waals surface area contributed by atoms with E-state index in [0.29, 0.717) is 17.0 Å². The predicted octanol–water partition coefficient (Wildman–Crippen LogP) is 4.11. The number of rotatable bonds is 10. The summed E-state index contributed by atoms with van der Waals surface area (Å²) >= 11 is 6.34. The van der Waals surface area contributed by atoms with Gasteiger partial charge in [0.15, 0.2) is 0 Å². The molecule has 0 aromatic heterocycles. The van der Waals surface area contributed by atoms with Crippen molar-refractivity contribution in [3.05, 3.63) is 64.9 Å². The number of sulfonamides is 1. The van der Waals surface area contributed by atoms with Gasteiger partial charge in [0.25, 0.3) is 0 Å². The molecule has 2 aromatic rings. The van der Waals surface area contributed by atoms with Crippen LogP contribution in [0.2, 0.25) is 5.02 Å². The van der Waals surface area contributed by atoms with Gasteiger partial charge in [-0.15, -0.1) is 0 Å². The monoisotopic (exact) mass is 523 g/mol. The number of hydrogen-bond donors (Lipinski definition) is 1. The number of anilines is 1. The zero-order valence-electron chi connectivity index (χ0n) is 19.9. The Kier molecular flexibility index (Phi) is 9.13. The molecule has 10 heteroatoms. The quantitative estimate of drug-likeness (QED) is 0.507. The highest BCUT2D eigenvalue weighted by molar-refractivity contribution is 7.92. The van der Waals surface area contributed by atoms with Crippen LogP contribution in [-0.2, 0) is 26.2 Å². The number of halogens is 2. The Hall–Kier alpha value is -2.65. The van der Waals surface area contributed by atoms with Crippen LogP contribution < -0.4 is 9.62 Å². The Morgan fingerprint density at radius 2 is 1.74 bits per heavy atom. The fourth-order valence-corrected chi connectivity index (χ4v) is 5.39. The fourth-order valence-electron chi connectivity index (χ4n) is 4.35. The number of carbonyl (C=O) groups is 2. The number of carbonyl (C=O) groups excluding carboxylic acids is 2. The van der Waals surface area contributed by atoms with Gasteiger partial charge in [0.1, 0.15) is 18.4 Å². The highest BCUT2D eigenvalue weighted by Crippen LogP contribution is 2.24. The van der Waals surface area contributed by atoms with Crippen LogP contribution in [0.25, 0.3) is 0 Å². The number of nitrogens with zero attached hydrogens (tertiary/aromatic N) is 2. The van der Waals surface area contributed by atoms with E-state index in [1.807, 2.05) is 0 Å². The van der Waals surface area contributed by atoms with Crippen LogP contribution in [0.4, 0.5) is 10.1 Å². The summed E-state index contributed by atoms with van der Waals surface area (Å²) in [5, 5.41) is 3.45. The molecule has 2 amide bonds. The summed E-state index contributed by atoms with van der Waals surface area (Å²) in [6.45, 7) is 1.14. The lowest BCUT2D eigenvalue weighted by Gasteiger charge is -2.33. The lowest BCUT2D eigenvalue weighted by Crippen LogP contribution is -2.53. The second-order valence-corrected chi connectivity index (χ2v) is 11.1. The molecule has 2 aromatic carbocycles. The molecule has 0 saturated heterocycles. The first kappa shape index (κ1) is 26.9. The molecule has 0 radical (unpaired) electrons. The summed E-state index contributed by atoms with van der Waals surface area (Å²) in [5.41, 5.74) is 0.385. The second kappa shape index (κ2) is 11.9. The first-order valence-corrected chi connectivity index (χ1v) is 13.9. The van der Waals surface area contributed by atoms with Crippen molar-refractivity contribution < 1.29 is 22.4 Å². The molecule has 1 fully saturated rings. The highest BCUT2D eigenvalue weighted by Gasteiger charge is 2.33. The summed E-state index contributed by atoms with van der Waals surface area (Å²) < 4.78 is 40.3. The van der Waals surface area contributed by atoms with Crippen LogP contribution in [-0.4, -0.2) is 50.0 Å². The molecule has 1 aliphatic carbocycles. The Bertz CT molecular complexity index is 1150. The van der Waals surface area contributed by atoms with E-state index < -0.39 is 34.3 Å². The largest absolute Gasteiger partial charge is 0.352 e. The fraction of sp³-hybridized carbons (Fsp3) is 0.440. The maximum Gasteiger partial charge on any atom is 0.244 e. The third kappa shape index (κ3) is 6.95. The summed E-state index contributed by atoms with van der Waals surface area (Å²) in [6, 6.07) is 11.5. The van der Waals surface area contributed by atoms with Gasteiger partial charge in [-0.05, 0) is 43.0 Å². The van der Waals surface area contributed by atoms with Crippen molar-refractivity contribution in [2.24, 2.45) is 0 Å². The lowest BCUT2D eigenvalue weighted by molar-refractivity contribution is -0.140. The Labute approximate surface area is 211 Å². The second-order valence-electron chi connectivity index (χ2n) is 8.75. The molecule has 35 heavy (non-hydrogen) atoms. The van der Waals surface area contributed by atoms with Gasteiger partial charge in [-0.3, -0.25) is 13.9 Å². The number of benzene rings is 2. The van der Waals surface area contributed by atoms with Crippen molar-refractivity contribution in [3.63, 3.8) is 0 Å². The maximum atomic E-state index is 14.5. The minimum atomic E-state index is -4.00. The molecular formula is C25H31ClFN3O4S. The number of amides is 2. The highest BCUT2D eigenvalue weighted by atomic mass is 35.5. The van der Waals surface area contributed by atoms with E-state index in [0.717, 1.165) is 42.3 Å². The molecule has 0 spiro atoms. The van der Waals surface area contributed by atoms with Gasteiger partial charge in [-0.2, -0.15) is 0 Å². The molecular weight excluding hydrogens is 493 g/mol. The van der Waals surface area contributed by atoms with Crippen LogP contribution in [0, 0.1) is 5.82 Å². The summed E-state index contributed by atoms with van der Waals surface area (Å²) in [5.74, 6) is -1.70. The molecule has 190 valence electrons. The van der Waals surface area contributed by atoms with Gasteiger partial charge in [0.2, 0.25) is 21.8 Å². The van der Waals surface area contributed by atoms with Crippen molar-refractivity contribution in [1.29, 1.82) is 0 Å². The van der Waals surface area contributed by atoms with Crippen molar-refractivity contribution in [3.8, 4) is 0 Å². The van der Waals surface area contributed by atoms with Crippen LogP contribution in [0.3, 0.4) is 0 Å². The standard InChI is InChI=1S/C25H31ClFN3O4S/c1-3-22(25(32)28-19-11-5-6-12-19)29(16-18-10-4-7-13-20(18)26)24(31)17-30(35(2,33)34)23-15-9-8-14-21(23)27/h4,7-10,13-15,19,22H,3,5-6,11-12,16-17H2,1-2H3,(H,28,32). The molecule has 0 heterocycles. The van der Waals surface area contributed by atoms with Crippen molar-refractivity contribution in [2.75, 3.05) is 17.1 Å². The van der Waals surface area contributed by atoms with E-state index in [2.05, 4.69) is 5.32 Å². The van der Waals surface area contributed by atoms with Crippen LogP contribution in [0.1, 0.15) is 44.6 Å². The molecule has 3 rings (SSSR count). The van der Waals surface area contributed by atoms with E-state index in [-0.39, 0.29) is 24.2 Å². The summed E-state index contributed by atoms with van der Waals surface area (Å²) in [6.07, 6.45) is 5.07. The average molecular weight is 524 g/mol. The van der Waals surface area contributed by atoms with E-state index in [4.69, 9.17) is 11.6 Å². The van der Waals surface area contributed by atoms with Gasteiger partial charge in [-0.1, -0.05) is 61.7 Å². The average Bonchev–Trinajstić information content (AvgIpc) is 3.31. The number of hydrogen-bond acceptors (Lipinski definition) is 4.